The van der Waals surface area contributed by atoms with E-state index in [2.05, 4.69) is 25.1 Å². The van der Waals surface area contributed by atoms with E-state index in [1.54, 1.807) is 18.4 Å². The van der Waals surface area contributed by atoms with Crippen LogP contribution >= 0.6 is 7.44 Å². The van der Waals surface area contributed by atoms with Crippen molar-refractivity contribution < 1.29 is 32.4 Å². The molecule has 0 saturated carbocycles. The molecule has 0 bridgehead atoms. The molecule has 3 aromatic rings. The molecule has 0 radical (unpaired) electrons. The predicted octanol–water partition coefficient (Wildman–Crippen LogP) is 3.79. The molecule has 5 N–H and O–H groups in total. The highest BCUT2D eigenvalue weighted by molar-refractivity contribution is 7.59. The Morgan fingerprint density at radius 2 is 1.84 bits per heavy atom. The molecular formula is C22H29F3N7O4P. The Labute approximate surface area is 211 Å². The van der Waals surface area contributed by atoms with Gasteiger partial charge < -0.3 is 20.1 Å². The van der Waals surface area contributed by atoms with Gasteiger partial charge in [0.2, 0.25) is 7.44 Å². The number of nitrogens with two attached hydrogens (primary N) is 1. The Bertz CT molecular complexity index is 1300. The van der Waals surface area contributed by atoms with E-state index in [0.717, 1.165) is 12.1 Å². The minimum atomic E-state index is -4.49. The van der Waals surface area contributed by atoms with Gasteiger partial charge in [0, 0.05) is 6.04 Å². The Kier molecular flexibility index (Phi) is 8.27. The van der Waals surface area contributed by atoms with E-state index in [0.29, 0.717) is 16.7 Å². The third-order valence-electron chi connectivity index (χ3n) is 5.56. The summed E-state index contributed by atoms with van der Waals surface area (Å²) in [7, 11) is -3.76. The van der Waals surface area contributed by atoms with Crippen LogP contribution in [0, 0.1) is 0 Å². The molecule has 15 heteroatoms. The number of nitrogens with one attached hydrogen (secondary N) is 2. The number of halogens is 3. The Balaban J connectivity index is 1.75. The first-order valence-electron chi connectivity index (χ1n) is 11.2. The zero-order valence-corrected chi connectivity index (χ0v) is 21.5. The van der Waals surface area contributed by atoms with Crippen LogP contribution in [-0.2, 0) is 26.8 Å². The average Bonchev–Trinajstić information content (AvgIpc) is 3.21. The maximum Gasteiger partial charge on any atom is 0.416 e. The lowest BCUT2D eigenvalue weighted by atomic mass is 10.1. The fourth-order valence-electron chi connectivity index (χ4n) is 3.54. The summed E-state index contributed by atoms with van der Waals surface area (Å²) < 4.78 is 60.1. The van der Waals surface area contributed by atoms with E-state index >= 15 is 0 Å². The number of rotatable bonds is 11. The van der Waals surface area contributed by atoms with Crippen LogP contribution < -0.4 is 15.9 Å². The van der Waals surface area contributed by atoms with E-state index in [1.807, 2.05) is 0 Å². The molecule has 0 fully saturated rings. The third kappa shape index (κ3) is 7.04. The maximum absolute atomic E-state index is 13.9. The lowest BCUT2D eigenvalue weighted by molar-refractivity contribution is -0.142. The fraction of sp³-hybridized carbons (Fsp3) is 0.455. The van der Waals surface area contributed by atoms with Crippen molar-refractivity contribution in [3.63, 3.8) is 0 Å². The van der Waals surface area contributed by atoms with Gasteiger partial charge in [-0.2, -0.15) is 13.2 Å². The van der Waals surface area contributed by atoms with Crippen molar-refractivity contribution >= 4 is 30.4 Å². The van der Waals surface area contributed by atoms with Gasteiger partial charge in [-0.1, -0.05) is 12.1 Å². The molecule has 37 heavy (non-hydrogen) atoms. The van der Waals surface area contributed by atoms with E-state index in [4.69, 9.17) is 10.5 Å². The van der Waals surface area contributed by atoms with Crippen molar-refractivity contribution in [2.45, 2.75) is 58.1 Å². The molecule has 11 nitrogen and oxygen atoms in total. The Morgan fingerprint density at radius 1 is 1.19 bits per heavy atom. The average molecular weight is 543 g/mol. The second-order valence-corrected chi connectivity index (χ2v) is 11.4. The van der Waals surface area contributed by atoms with Crippen LogP contribution in [-0.4, -0.2) is 48.6 Å². The van der Waals surface area contributed by atoms with Gasteiger partial charge in [0.25, 0.3) is 0 Å². The van der Waals surface area contributed by atoms with Crippen LogP contribution in [0.5, 0.6) is 0 Å². The van der Waals surface area contributed by atoms with Gasteiger partial charge in [-0.3, -0.25) is 9.36 Å². The molecule has 2 unspecified atom stereocenters. The van der Waals surface area contributed by atoms with Crippen LogP contribution in [0.4, 0.5) is 19.0 Å². The van der Waals surface area contributed by atoms with Gasteiger partial charge in [-0.25, -0.2) is 25.1 Å². The summed E-state index contributed by atoms with van der Waals surface area (Å²) in [5.41, 5.74) is 4.75. The number of aromatic nitrogens is 4. The predicted molar refractivity (Wildman–Crippen MR) is 131 cm³/mol. The van der Waals surface area contributed by atoms with Crippen molar-refractivity contribution in [1.82, 2.24) is 29.7 Å². The first-order chi connectivity index (χ1) is 17.1. The molecule has 1 aromatic carbocycles. The summed E-state index contributed by atoms with van der Waals surface area (Å²) in [4.78, 5) is 23.9. The summed E-state index contributed by atoms with van der Waals surface area (Å²) in [6, 6.07) is 3.71. The number of hydrogen-bond donors (Lipinski definition) is 4. The lowest BCUT2D eigenvalue weighted by Gasteiger charge is -2.32. The van der Waals surface area contributed by atoms with Gasteiger partial charge in [0.15, 0.2) is 11.5 Å². The first kappa shape index (κ1) is 28.5. The topological polar surface area (TPSA) is 157 Å². The number of alkyl halides is 3. The van der Waals surface area contributed by atoms with Gasteiger partial charge in [0.05, 0.1) is 24.5 Å². The molecule has 0 aliphatic rings. The molecule has 0 aliphatic heterocycles. The van der Waals surface area contributed by atoms with E-state index < -0.39 is 49.2 Å². The van der Waals surface area contributed by atoms with Gasteiger partial charge in [-0.05, 0) is 45.4 Å². The second-order valence-electron chi connectivity index (χ2n) is 9.19. The smallest absolute Gasteiger partial charge is 0.416 e. The fourth-order valence-corrected chi connectivity index (χ4v) is 5.98. The van der Waals surface area contributed by atoms with Crippen LogP contribution in [0.3, 0.4) is 0 Å². The molecule has 0 spiro atoms. The Morgan fingerprint density at radius 3 is 2.43 bits per heavy atom. The van der Waals surface area contributed by atoms with E-state index in [9.17, 15) is 27.6 Å². The normalized spacial score (nSPS) is 15.9. The monoisotopic (exact) mass is 543 g/mol. The van der Waals surface area contributed by atoms with Crippen LogP contribution in [0.25, 0.3) is 11.2 Å². The molecule has 202 valence electrons. The molecule has 0 amide bonds. The number of carboxylic acids is 1. The number of ether oxygens (including phenoxy) is 1. The SMILES string of the molecule is CC(Cn1cnc2c(N)ncnc21)OCP(=O)(N[C@H](C)c1ccc(C(F)(F)F)cc1)NC(C)(C)C(=O)O. The number of aliphatic carboxylic acids is 1. The molecular weight excluding hydrogens is 514 g/mol. The highest BCUT2D eigenvalue weighted by Crippen LogP contribution is 2.42. The molecule has 0 saturated heterocycles. The number of carboxylic acid groups (broad SMARTS) is 1. The number of benzene rings is 1. The minimum absolute atomic E-state index is 0.225. The largest absolute Gasteiger partial charge is 0.480 e. The van der Waals surface area contributed by atoms with Crippen molar-refractivity contribution in [1.29, 1.82) is 0 Å². The van der Waals surface area contributed by atoms with Gasteiger partial charge in [-0.15, -0.1) is 0 Å². The van der Waals surface area contributed by atoms with Gasteiger partial charge >= 0.3 is 12.1 Å². The zero-order valence-electron chi connectivity index (χ0n) is 20.7. The number of carbonyl (C=O) groups is 1. The van der Waals surface area contributed by atoms with Crippen molar-refractivity contribution in [3.8, 4) is 0 Å². The molecule has 3 atom stereocenters. The molecule has 3 rings (SSSR count). The van der Waals surface area contributed by atoms with Gasteiger partial charge in [0.1, 0.15) is 23.7 Å². The number of nitrogens with zero attached hydrogens (tertiary/aromatic N) is 4. The third-order valence-corrected chi connectivity index (χ3v) is 7.80. The number of hydrogen-bond acceptors (Lipinski definition) is 7. The molecule has 0 aliphatic carbocycles. The van der Waals surface area contributed by atoms with Crippen LogP contribution in [0.2, 0.25) is 0 Å². The molecule has 2 heterocycles. The highest BCUT2D eigenvalue weighted by Gasteiger charge is 2.37. The number of nitrogen functional groups attached to an aromatic ring is 1. The summed E-state index contributed by atoms with van der Waals surface area (Å²) >= 11 is 0. The first-order valence-corrected chi connectivity index (χ1v) is 13.1. The lowest BCUT2D eigenvalue weighted by Crippen LogP contribution is -2.47. The van der Waals surface area contributed by atoms with Crippen molar-refractivity contribution in [2.75, 3.05) is 12.1 Å². The number of anilines is 1. The summed E-state index contributed by atoms with van der Waals surface area (Å²) in [6.45, 7) is 6.29. The number of imidazole rings is 1. The number of fused-ring (bicyclic) bond motifs is 1. The van der Waals surface area contributed by atoms with E-state index in [-0.39, 0.29) is 12.4 Å². The minimum Gasteiger partial charge on any atom is -0.480 e. The van der Waals surface area contributed by atoms with Crippen molar-refractivity contribution in [3.05, 3.63) is 48.0 Å². The highest BCUT2D eigenvalue weighted by atomic mass is 31.2. The maximum atomic E-state index is 13.9. The summed E-state index contributed by atoms with van der Waals surface area (Å²) in [5, 5.41) is 15.0. The van der Waals surface area contributed by atoms with Crippen LogP contribution in [0.1, 0.15) is 44.9 Å². The van der Waals surface area contributed by atoms with Crippen molar-refractivity contribution in [2.24, 2.45) is 0 Å². The molecule has 2 aromatic heterocycles. The van der Waals surface area contributed by atoms with Crippen LogP contribution in [0.15, 0.2) is 36.9 Å². The summed E-state index contributed by atoms with van der Waals surface area (Å²) in [6.07, 6.45) is -2.58. The summed E-state index contributed by atoms with van der Waals surface area (Å²) in [5.74, 6) is -1.02. The standard InChI is InChI=1S/C22H29F3N7O4P/c1-13(9-32-11-29-17-18(26)27-10-28-19(17)32)36-12-37(35,31-21(3,4)20(33)34)30-14(2)15-5-7-16(8-6-15)22(23,24)25/h5-8,10-11,13-14H,9,12H2,1-4H3,(H,33,34)(H2,26,27,28)(H2,30,31,35)/t13?,14-,37?/m1/s1. The van der Waals surface area contributed by atoms with E-state index in [1.165, 1.54) is 38.6 Å². The second kappa shape index (κ2) is 10.7. The zero-order chi connectivity index (χ0) is 27.6. The Hall–Kier alpha value is -3.06. The quantitative estimate of drug-likeness (QED) is 0.262.